The molecule has 0 bridgehead atoms. The number of carbonyl (C=O) groups is 3. The zero-order valence-electron chi connectivity index (χ0n) is 19.4. The number of carbonyl (C=O) groups excluding carboxylic acids is 3. The van der Waals surface area contributed by atoms with Crippen molar-refractivity contribution in [2.45, 2.75) is 26.2 Å². The second-order valence-corrected chi connectivity index (χ2v) is 7.89. The highest BCUT2D eigenvalue weighted by Gasteiger charge is 2.28. The maximum absolute atomic E-state index is 13.0. The van der Waals surface area contributed by atoms with E-state index in [0.717, 1.165) is 6.42 Å². The van der Waals surface area contributed by atoms with Crippen LogP contribution in [-0.2, 0) is 16.0 Å². The third-order valence-electron chi connectivity index (χ3n) is 5.54. The molecular weight excluding hydrogens is 450 g/mol. The second kappa shape index (κ2) is 10.7. The zero-order chi connectivity index (χ0) is 24.8. The van der Waals surface area contributed by atoms with E-state index in [2.05, 4.69) is 15.8 Å². The van der Waals surface area contributed by atoms with Crippen molar-refractivity contribution in [3.8, 4) is 5.75 Å². The number of nitrogens with zero attached hydrogens (tertiary/aromatic N) is 1. The number of furan rings is 1. The van der Waals surface area contributed by atoms with E-state index in [-0.39, 0.29) is 17.9 Å². The van der Waals surface area contributed by atoms with Gasteiger partial charge >= 0.3 is 5.97 Å². The van der Waals surface area contributed by atoms with Crippen LogP contribution in [0.25, 0.3) is 0 Å². The number of ether oxygens (including phenoxy) is 2. The third kappa shape index (κ3) is 5.40. The Kier molecular flexibility index (Phi) is 7.25. The minimum absolute atomic E-state index is 0.128. The predicted octanol–water partition coefficient (Wildman–Crippen LogP) is 3.86. The van der Waals surface area contributed by atoms with E-state index < -0.39 is 17.8 Å². The fraction of sp³-hybridized carbons (Fsp3) is 0.231. The van der Waals surface area contributed by atoms with Crippen LogP contribution in [0.4, 0.5) is 5.69 Å². The molecule has 1 heterocycles. The summed E-state index contributed by atoms with van der Waals surface area (Å²) in [5.41, 5.74) is 5.04. The molecule has 0 unspecified atom stereocenters. The molecule has 0 atom stereocenters. The highest BCUT2D eigenvalue weighted by molar-refractivity contribution is 6.11. The summed E-state index contributed by atoms with van der Waals surface area (Å²) in [7, 11) is 1.28. The summed E-state index contributed by atoms with van der Waals surface area (Å²) in [5, 5.41) is 7.02. The Labute approximate surface area is 202 Å². The summed E-state index contributed by atoms with van der Waals surface area (Å²) >= 11 is 0. The molecule has 1 aliphatic rings. The first-order chi connectivity index (χ1) is 17.0. The SMILES string of the molecule is COC(=O)c1ccccc1NC(=O)c1oc2c(c1C)/C(=N/NC(=O)COc1ccccc1)CCC2. The number of benzene rings is 2. The van der Waals surface area contributed by atoms with Gasteiger partial charge in [-0.1, -0.05) is 30.3 Å². The number of nitrogens with one attached hydrogen (secondary N) is 2. The minimum atomic E-state index is -0.558. The van der Waals surface area contributed by atoms with Crippen LogP contribution < -0.4 is 15.5 Å². The molecule has 0 saturated heterocycles. The largest absolute Gasteiger partial charge is 0.484 e. The van der Waals surface area contributed by atoms with Crippen LogP contribution in [0.2, 0.25) is 0 Å². The highest BCUT2D eigenvalue weighted by atomic mass is 16.5. The lowest BCUT2D eigenvalue weighted by atomic mass is 9.93. The van der Waals surface area contributed by atoms with Gasteiger partial charge in [0.15, 0.2) is 12.4 Å². The molecule has 9 nitrogen and oxygen atoms in total. The minimum Gasteiger partial charge on any atom is -0.484 e. The van der Waals surface area contributed by atoms with Crippen LogP contribution >= 0.6 is 0 Å². The first-order valence-corrected chi connectivity index (χ1v) is 11.1. The van der Waals surface area contributed by atoms with Crippen molar-refractivity contribution in [3.63, 3.8) is 0 Å². The predicted molar refractivity (Wildman–Crippen MR) is 129 cm³/mol. The number of hydrogen-bond donors (Lipinski definition) is 2. The van der Waals surface area contributed by atoms with Gasteiger partial charge in [-0.2, -0.15) is 5.10 Å². The second-order valence-electron chi connectivity index (χ2n) is 7.89. The highest BCUT2D eigenvalue weighted by Crippen LogP contribution is 2.30. The smallest absolute Gasteiger partial charge is 0.339 e. The molecule has 0 radical (unpaired) electrons. The van der Waals surface area contributed by atoms with Gasteiger partial charge in [0.25, 0.3) is 11.8 Å². The first-order valence-electron chi connectivity index (χ1n) is 11.1. The van der Waals surface area contributed by atoms with E-state index >= 15 is 0 Å². The van der Waals surface area contributed by atoms with Gasteiger partial charge in [-0.05, 0) is 44.0 Å². The Hall–Kier alpha value is -4.40. The van der Waals surface area contributed by atoms with Gasteiger partial charge < -0.3 is 19.2 Å². The Bertz CT molecular complexity index is 1280. The fourth-order valence-electron chi connectivity index (χ4n) is 3.88. The summed E-state index contributed by atoms with van der Waals surface area (Å²) in [5.74, 6) is -0.0975. The topological polar surface area (TPSA) is 119 Å². The monoisotopic (exact) mass is 475 g/mol. The van der Waals surface area contributed by atoms with Gasteiger partial charge in [0, 0.05) is 17.5 Å². The quantitative estimate of drug-likeness (QED) is 0.396. The number of anilines is 1. The van der Waals surface area contributed by atoms with Crippen LogP contribution in [0.15, 0.2) is 64.1 Å². The van der Waals surface area contributed by atoms with E-state index in [0.29, 0.717) is 46.9 Å². The lowest BCUT2D eigenvalue weighted by Crippen LogP contribution is -2.27. The van der Waals surface area contributed by atoms with Gasteiger partial charge in [0.2, 0.25) is 0 Å². The number of para-hydroxylation sites is 2. The van der Waals surface area contributed by atoms with Crippen LogP contribution in [0.5, 0.6) is 5.75 Å². The van der Waals surface area contributed by atoms with Gasteiger partial charge in [0.1, 0.15) is 11.5 Å². The maximum atomic E-state index is 13.0. The molecule has 3 aromatic rings. The molecule has 0 spiro atoms. The summed E-state index contributed by atoms with van der Waals surface area (Å²) in [4.78, 5) is 37.3. The van der Waals surface area contributed by atoms with E-state index in [9.17, 15) is 14.4 Å². The van der Waals surface area contributed by atoms with Gasteiger partial charge in [0.05, 0.1) is 24.1 Å². The van der Waals surface area contributed by atoms with Crippen molar-refractivity contribution >= 4 is 29.2 Å². The number of hydrazone groups is 1. The summed E-state index contributed by atoms with van der Waals surface area (Å²) in [6.07, 6.45) is 2.03. The molecule has 180 valence electrons. The Balaban J connectivity index is 1.49. The molecular formula is C26H25N3O6. The van der Waals surface area contributed by atoms with Crippen LogP contribution in [0.3, 0.4) is 0 Å². The standard InChI is InChI=1S/C26H25N3O6/c1-16-23-20(28-29-22(30)15-34-17-9-4-3-5-10-17)13-8-14-21(23)35-24(16)25(31)27-19-12-7-6-11-18(19)26(32)33-2/h3-7,9-12H,8,13-15H2,1-2H3,(H,27,31)(H,29,30)/b28-20+. The Morgan fingerprint density at radius 1 is 1.03 bits per heavy atom. The van der Waals surface area contributed by atoms with Crippen molar-refractivity contribution in [3.05, 3.63) is 82.8 Å². The lowest BCUT2D eigenvalue weighted by molar-refractivity contribution is -0.123. The maximum Gasteiger partial charge on any atom is 0.339 e. The Morgan fingerprint density at radius 3 is 2.54 bits per heavy atom. The number of esters is 1. The van der Waals surface area contributed by atoms with Crippen LogP contribution in [0.1, 0.15) is 50.6 Å². The number of fused-ring (bicyclic) bond motifs is 1. The van der Waals surface area contributed by atoms with Crippen LogP contribution in [-0.4, -0.2) is 37.2 Å². The lowest BCUT2D eigenvalue weighted by Gasteiger charge is -2.13. The molecule has 35 heavy (non-hydrogen) atoms. The molecule has 9 heteroatoms. The summed E-state index contributed by atoms with van der Waals surface area (Å²) in [6.45, 7) is 1.59. The zero-order valence-corrected chi connectivity index (χ0v) is 19.4. The first kappa shape index (κ1) is 23.7. The van der Waals surface area contributed by atoms with Crippen LogP contribution in [0, 0.1) is 6.92 Å². The number of rotatable bonds is 7. The van der Waals surface area contributed by atoms with Gasteiger partial charge in [-0.25, -0.2) is 10.2 Å². The van der Waals surface area contributed by atoms with E-state index in [1.165, 1.54) is 7.11 Å². The molecule has 0 aliphatic heterocycles. The van der Waals surface area contributed by atoms with E-state index in [1.54, 1.807) is 43.3 Å². The average molecular weight is 476 g/mol. The third-order valence-corrected chi connectivity index (χ3v) is 5.54. The average Bonchev–Trinajstić information content (AvgIpc) is 3.23. The Morgan fingerprint density at radius 2 is 1.77 bits per heavy atom. The number of hydrogen-bond acceptors (Lipinski definition) is 7. The van der Waals surface area contributed by atoms with Crippen molar-refractivity contribution in [2.75, 3.05) is 19.0 Å². The fourth-order valence-corrected chi connectivity index (χ4v) is 3.88. The van der Waals surface area contributed by atoms with Crippen molar-refractivity contribution in [1.82, 2.24) is 5.43 Å². The molecule has 2 aromatic carbocycles. The molecule has 0 saturated carbocycles. The van der Waals surface area contributed by atoms with Crippen molar-refractivity contribution in [2.24, 2.45) is 5.10 Å². The molecule has 1 aliphatic carbocycles. The molecule has 2 N–H and O–H groups in total. The molecule has 2 amide bonds. The van der Waals surface area contributed by atoms with Gasteiger partial charge in [-0.3, -0.25) is 9.59 Å². The number of aryl methyl sites for hydroxylation is 1. The number of methoxy groups -OCH3 is 1. The number of amides is 2. The summed E-state index contributed by atoms with van der Waals surface area (Å²) in [6, 6.07) is 15.6. The molecule has 1 aromatic heterocycles. The molecule has 4 rings (SSSR count). The van der Waals surface area contributed by atoms with Crippen molar-refractivity contribution < 1.29 is 28.3 Å². The van der Waals surface area contributed by atoms with E-state index in [1.807, 2.05) is 18.2 Å². The van der Waals surface area contributed by atoms with Gasteiger partial charge in [-0.15, -0.1) is 0 Å². The normalized spacial score (nSPS) is 13.6. The van der Waals surface area contributed by atoms with Crippen molar-refractivity contribution in [1.29, 1.82) is 0 Å². The van der Waals surface area contributed by atoms with E-state index in [4.69, 9.17) is 13.9 Å². The summed E-state index contributed by atoms with van der Waals surface area (Å²) < 4.78 is 16.1. The molecule has 0 fully saturated rings.